The SMILES string of the molecule is CN=C(NCc1ccc(CN2CCCCCC2)cc1)NC1CCN(c2ncccc2F)C1.I. The zero-order valence-corrected chi connectivity index (χ0v) is 21.8. The first-order valence-corrected chi connectivity index (χ1v) is 11.8. The second-order valence-electron chi connectivity index (χ2n) is 8.82. The van der Waals surface area contributed by atoms with Gasteiger partial charge in [-0.15, -0.1) is 24.0 Å². The largest absolute Gasteiger partial charge is 0.352 e. The minimum atomic E-state index is -0.269. The van der Waals surface area contributed by atoms with Crippen LogP contribution in [0.15, 0.2) is 47.6 Å². The Morgan fingerprint density at radius 2 is 1.79 bits per heavy atom. The number of anilines is 1. The fraction of sp³-hybridized carbons (Fsp3) is 0.520. The number of aromatic nitrogens is 1. The zero-order chi connectivity index (χ0) is 22.2. The van der Waals surface area contributed by atoms with Crippen molar-refractivity contribution in [3.63, 3.8) is 0 Å². The molecule has 2 saturated heterocycles. The molecule has 33 heavy (non-hydrogen) atoms. The Bertz CT molecular complexity index is 883. The van der Waals surface area contributed by atoms with Gasteiger partial charge in [0.1, 0.15) is 0 Å². The smallest absolute Gasteiger partial charge is 0.191 e. The van der Waals surface area contributed by atoms with E-state index in [1.807, 2.05) is 4.90 Å². The van der Waals surface area contributed by atoms with E-state index in [1.54, 1.807) is 19.3 Å². The van der Waals surface area contributed by atoms with Crippen LogP contribution in [-0.4, -0.2) is 55.1 Å². The summed E-state index contributed by atoms with van der Waals surface area (Å²) in [5, 5.41) is 6.87. The number of guanidine groups is 1. The number of nitrogens with one attached hydrogen (secondary N) is 2. The summed E-state index contributed by atoms with van der Waals surface area (Å²) in [6, 6.07) is 12.2. The maximum absolute atomic E-state index is 14.0. The zero-order valence-electron chi connectivity index (χ0n) is 19.5. The Morgan fingerprint density at radius 3 is 2.48 bits per heavy atom. The number of aliphatic imine (C=N–C) groups is 1. The topological polar surface area (TPSA) is 55.8 Å². The first-order chi connectivity index (χ1) is 15.7. The van der Waals surface area contributed by atoms with Gasteiger partial charge in [0, 0.05) is 45.5 Å². The molecular formula is C25H36FIN6. The van der Waals surface area contributed by atoms with Crippen molar-refractivity contribution in [2.75, 3.05) is 38.1 Å². The van der Waals surface area contributed by atoms with Gasteiger partial charge < -0.3 is 15.5 Å². The third kappa shape index (κ3) is 7.53. The van der Waals surface area contributed by atoms with E-state index in [-0.39, 0.29) is 35.8 Å². The molecule has 0 aliphatic carbocycles. The lowest BCUT2D eigenvalue weighted by atomic mass is 10.1. The normalized spacial score (nSPS) is 19.6. The molecule has 6 nitrogen and oxygen atoms in total. The molecule has 0 spiro atoms. The van der Waals surface area contributed by atoms with Gasteiger partial charge in [0.15, 0.2) is 17.6 Å². The van der Waals surface area contributed by atoms with Crippen LogP contribution in [0.3, 0.4) is 0 Å². The first-order valence-electron chi connectivity index (χ1n) is 11.8. The highest BCUT2D eigenvalue weighted by Gasteiger charge is 2.25. The molecule has 2 aliphatic rings. The molecule has 4 rings (SSSR count). The second kappa shape index (κ2) is 13.1. The van der Waals surface area contributed by atoms with Crippen molar-refractivity contribution in [2.24, 2.45) is 4.99 Å². The molecule has 0 bridgehead atoms. The van der Waals surface area contributed by atoms with Gasteiger partial charge in [-0.2, -0.15) is 0 Å². The van der Waals surface area contributed by atoms with E-state index in [4.69, 9.17) is 0 Å². The molecule has 1 aromatic carbocycles. The molecule has 2 aromatic rings. The summed E-state index contributed by atoms with van der Waals surface area (Å²) < 4.78 is 14.0. The third-order valence-corrected chi connectivity index (χ3v) is 6.38. The minimum Gasteiger partial charge on any atom is -0.352 e. The molecule has 0 saturated carbocycles. The van der Waals surface area contributed by atoms with Crippen molar-refractivity contribution >= 4 is 35.8 Å². The van der Waals surface area contributed by atoms with E-state index in [0.717, 1.165) is 32.0 Å². The van der Waals surface area contributed by atoms with Crippen LogP contribution in [0.4, 0.5) is 10.2 Å². The van der Waals surface area contributed by atoms with Crippen LogP contribution < -0.4 is 15.5 Å². The van der Waals surface area contributed by atoms with Gasteiger partial charge in [-0.1, -0.05) is 37.1 Å². The Kier molecular flexibility index (Phi) is 10.2. The lowest BCUT2D eigenvalue weighted by Gasteiger charge is -2.20. The Labute approximate surface area is 214 Å². The van der Waals surface area contributed by atoms with Gasteiger partial charge in [0.05, 0.1) is 0 Å². The molecule has 1 unspecified atom stereocenters. The highest BCUT2D eigenvalue weighted by atomic mass is 127. The van der Waals surface area contributed by atoms with E-state index in [2.05, 4.69) is 49.8 Å². The van der Waals surface area contributed by atoms with Gasteiger partial charge >= 0.3 is 0 Å². The number of nitrogens with zero attached hydrogens (tertiary/aromatic N) is 4. The van der Waals surface area contributed by atoms with Gasteiger partial charge in [0.2, 0.25) is 0 Å². The van der Waals surface area contributed by atoms with Crippen molar-refractivity contribution in [3.8, 4) is 0 Å². The Balaban J connectivity index is 0.00000306. The summed E-state index contributed by atoms with van der Waals surface area (Å²) in [7, 11) is 1.78. The van der Waals surface area contributed by atoms with Crippen LogP contribution in [0, 0.1) is 5.82 Å². The van der Waals surface area contributed by atoms with Crippen LogP contribution in [0.2, 0.25) is 0 Å². The summed E-state index contributed by atoms with van der Waals surface area (Å²) in [5.74, 6) is 0.932. The molecule has 180 valence electrons. The number of likely N-dealkylation sites (tertiary alicyclic amines) is 1. The lowest BCUT2D eigenvalue weighted by molar-refractivity contribution is 0.277. The summed E-state index contributed by atoms with van der Waals surface area (Å²) in [5.41, 5.74) is 2.61. The van der Waals surface area contributed by atoms with Crippen LogP contribution in [0.1, 0.15) is 43.2 Å². The molecule has 1 atom stereocenters. The van der Waals surface area contributed by atoms with Gasteiger partial charge in [-0.25, -0.2) is 9.37 Å². The van der Waals surface area contributed by atoms with Crippen LogP contribution >= 0.6 is 24.0 Å². The number of hydrogen-bond donors (Lipinski definition) is 2. The summed E-state index contributed by atoms with van der Waals surface area (Å²) >= 11 is 0. The summed E-state index contributed by atoms with van der Waals surface area (Å²) in [6.45, 7) is 5.69. The van der Waals surface area contributed by atoms with Crippen molar-refractivity contribution < 1.29 is 4.39 Å². The number of halogens is 2. The molecule has 0 amide bonds. The highest BCUT2D eigenvalue weighted by Crippen LogP contribution is 2.20. The van der Waals surface area contributed by atoms with Crippen molar-refractivity contribution in [3.05, 3.63) is 59.5 Å². The summed E-state index contributed by atoms with van der Waals surface area (Å²) in [4.78, 5) is 13.1. The van der Waals surface area contributed by atoms with E-state index in [0.29, 0.717) is 12.4 Å². The lowest BCUT2D eigenvalue weighted by Crippen LogP contribution is -2.44. The van der Waals surface area contributed by atoms with E-state index in [1.165, 1.54) is 56.0 Å². The molecule has 2 aliphatic heterocycles. The van der Waals surface area contributed by atoms with E-state index >= 15 is 0 Å². The van der Waals surface area contributed by atoms with E-state index in [9.17, 15) is 4.39 Å². The predicted molar refractivity (Wildman–Crippen MR) is 144 cm³/mol. The predicted octanol–water partition coefficient (Wildman–Crippen LogP) is 4.16. The first kappa shape index (κ1) is 25.7. The highest BCUT2D eigenvalue weighted by molar-refractivity contribution is 14.0. The Morgan fingerprint density at radius 1 is 1.06 bits per heavy atom. The minimum absolute atomic E-state index is 0. The number of hydrogen-bond acceptors (Lipinski definition) is 4. The van der Waals surface area contributed by atoms with Crippen LogP contribution in [0.5, 0.6) is 0 Å². The van der Waals surface area contributed by atoms with Gasteiger partial charge in [0.25, 0.3) is 0 Å². The van der Waals surface area contributed by atoms with Crippen LogP contribution in [-0.2, 0) is 13.1 Å². The maximum Gasteiger partial charge on any atom is 0.191 e. The van der Waals surface area contributed by atoms with Gasteiger partial charge in [-0.05, 0) is 55.6 Å². The van der Waals surface area contributed by atoms with Gasteiger partial charge in [-0.3, -0.25) is 9.89 Å². The van der Waals surface area contributed by atoms with E-state index < -0.39 is 0 Å². The molecule has 1 aromatic heterocycles. The molecule has 0 radical (unpaired) electrons. The fourth-order valence-corrected chi connectivity index (χ4v) is 4.57. The average molecular weight is 567 g/mol. The molecule has 2 N–H and O–H groups in total. The molecule has 8 heteroatoms. The van der Waals surface area contributed by atoms with Crippen LogP contribution in [0.25, 0.3) is 0 Å². The van der Waals surface area contributed by atoms with Crippen molar-refractivity contribution in [1.29, 1.82) is 0 Å². The second-order valence-corrected chi connectivity index (χ2v) is 8.82. The number of rotatable bonds is 6. The monoisotopic (exact) mass is 566 g/mol. The molecular weight excluding hydrogens is 530 g/mol. The number of benzene rings is 1. The Hall–Kier alpha value is -1.94. The van der Waals surface area contributed by atoms with Crippen molar-refractivity contribution in [1.82, 2.24) is 20.5 Å². The van der Waals surface area contributed by atoms with Crippen molar-refractivity contribution in [2.45, 2.75) is 51.2 Å². The quantitative estimate of drug-likeness (QED) is 0.313. The summed E-state index contributed by atoms with van der Waals surface area (Å²) in [6.07, 6.45) is 7.94. The molecule has 2 fully saturated rings. The fourth-order valence-electron chi connectivity index (χ4n) is 4.57. The molecule has 3 heterocycles. The third-order valence-electron chi connectivity index (χ3n) is 6.38. The maximum atomic E-state index is 14.0. The standard InChI is InChI=1S/C25H35FN6.HI/c1-27-25(30-22-12-16-32(19-22)24-23(26)7-6-13-28-24)29-17-20-8-10-21(11-9-20)18-31-14-4-2-3-5-15-31;/h6-11,13,22H,2-5,12,14-19H2,1H3,(H2,27,29,30);1H. The average Bonchev–Trinajstić information content (AvgIpc) is 3.12. The number of pyridine rings is 1.